The summed E-state index contributed by atoms with van der Waals surface area (Å²) in [6.45, 7) is 1.52. The fourth-order valence-corrected chi connectivity index (χ4v) is 1.13. The molecule has 0 fully saturated rings. The Bertz CT molecular complexity index is 328. The van der Waals surface area contributed by atoms with Crippen LogP contribution < -0.4 is 5.56 Å². The summed E-state index contributed by atoms with van der Waals surface area (Å²) < 4.78 is 6.30. The van der Waals surface area contributed by atoms with E-state index in [1.165, 1.54) is 11.7 Å². The average molecular weight is 183 g/mol. The van der Waals surface area contributed by atoms with E-state index in [1.54, 1.807) is 25.3 Å². The lowest BCUT2D eigenvalue weighted by atomic mass is 10.3. The fourth-order valence-electron chi connectivity index (χ4n) is 1.13. The first kappa shape index (κ1) is 9.95. The lowest BCUT2D eigenvalue weighted by Crippen LogP contribution is -2.28. The second-order valence-corrected chi connectivity index (χ2v) is 2.78. The van der Waals surface area contributed by atoms with Crippen LogP contribution in [0.5, 0.6) is 0 Å². The molecule has 1 N–H and O–H groups in total. The molecule has 13 heavy (non-hydrogen) atoms. The molecule has 0 aliphatic heterocycles. The molecule has 0 aliphatic rings. The Morgan fingerprint density at radius 2 is 2.38 bits per heavy atom. The van der Waals surface area contributed by atoms with Gasteiger partial charge in [0, 0.05) is 18.9 Å². The molecular formula is C9H13NO3. The molecule has 0 saturated heterocycles. The van der Waals surface area contributed by atoms with Gasteiger partial charge in [-0.1, -0.05) is 6.07 Å². The quantitative estimate of drug-likeness (QED) is 0.733. The number of methoxy groups -OCH3 is 1. The zero-order valence-electron chi connectivity index (χ0n) is 7.73. The highest BCUT2D eigenvalue weighted by atomic mass is 16.5. The molecule has 1 aromatic rings. The predicted molar refractivity (Wildman–Crippen MR) is 48.6 cm³/mol. The van der Waals surface area contributed by atoms with E-state index in [0.717, 1.165) is 0 Å². The minimum absolute atomic E-state index is 0.136. The van der Waals surface area contributed by atoms with Crippen LogP contribution in [-0.4, -0.2) is 23.4 Å². The van der Waals surface area contributed by atoms with E-state index in [1.807, 2.05) is 0 Å². The van der Waals surface area contributed by atoms with Crippen molar-refractivity contribution < 1.29 is 9.84 Å². The van der Waals surface area contributed by atoms with Crippen molar-refractivity contribution in [3.63, 3.8) is 0 Å². The van der Waals surface area contributed by atoms with Gasteiger partial charge in [0.15, 0.2) is 6.23 Å². The van der Waals surface area contributed by atoms with Gasteiger partial charge in [0.05, 0.1) is 6.61 Å². The van der Waals surface area contributed by atoms with Gasteiger partial charge in [0.25, 0.3) is 5.56 Å². The largest absolute Gasteiger partial charge is 0.392 e. The number of aliphatic hydroxyl groups excluding tert-OH is 1. The standard InChI is InChI=1S/C9H13NO3/c1-7-4-3-5-10(9(7)12)8(6-11)13-2/h3-5,8,11H,6H2,1-2H3. The number of aromatic nitrogens is 1. The van der Waals surface area contributed by atoms with Gasteiger partial charge in [-0.2, -0.15) is 0 Å². The molecule has 0 aromatic carbocycles. The van der Waals surface area contributed by atoms with Crippen LogP contribution in [0.15, 0.2) is 23.1 Å². The molecule has 1 heterocycles. The fraction of sp³-hybridized carbons (Fsp3) is 0.444. The second-order valence-electron chi connectivity index (χ2n) is 2.78. The summed E-state index contributed by atoms with van der Waals surface area (Å²) in [7, 11) is 1.45. The maximum Gasteiger partial charge on any atom is 0.255 e. The molecular weight excluding hydrogens is 170 g/mol. The number of pyridine rings is 1. The molecule has 1 rings (SSSR count). The molecule has 0 radical (unpaired) electrons. The van der Waals surface area contributed by atoms with Crippen molar-refractivity contribution >= 4 is 0 Å². The van der Waals surface area contributed by atoms with Crippen LogP contribution in [0.2, 0.25) is 0 Å². The Balaban J connectivity index is 3.14. The molecule has 4 heteroatoms. The second kappa shape index (κ2) is 4.20. The molecule has 0 aliphatic carbocycles. The van der Waals surface area contributed by atoms with Gasteiger partial charge < -0.3 is 9.84 Å². The van der Waals surface area contributed by atoms with Crippen LogP contribution >= 0.6 is 0 Å². The van der Waals surface area contributed by atoms with Gasteiger partial charge in [-0.15, -0.1) is 0 Å². The number of hydrogen-bond acceptors (Lipinski definition) is 3. The number of aryl methyl sites for hydroxylation is 1. The van der Waals surface area contributed by atoms with Crippen LogP contribution in [-0.2, 0) is 4.74 Å². The zero-order valence-corrected chi connectivity index (χ0v) is 7.73. The maximum absolute atomic E-state index is 11.5. The third-order valence-corrected chi connectivity index (χ3v) is 1.90. The Morgan fingerprint density at radius 1 is 1.69 bits per heavy atom. The lowest BCUT2D eigenvalue weighted by molar-refractivity contribution is -0.00504. The first-order chi connectivity index (χ1) is 6.20. The van der Waals surface area contributed by atoms with Crippen molar-refractivity contribution in [2.45, 2.75) is 13.2 Å². The maximum atomic E-state index is 11.5. The molecule has 0 saturated carbocycles. The molecule has 4 nitrogen and oxygen atoms in total. The van der Waals surface area contributed by atoms with E-state index in [4.69, 9.17) is 9.84 Å². The predicted octanol–water partition coefficient (Wildman–Crippen LogP) is 0.294. The minimum Gasteiger partial charge on any atom is -0.392 e. The van der Waals surface area contributed by atoms with E-state index in [-0.39, 0.29) is 12.2 Å². The lowest BCUT2D eigenvalue weighted by Gasteiger charge is -2.15. The molecule has 0 bridgehead atoms. The summed E-state index contributed by atoms with van der Waals surface area (Å²) in [5.74, 6) is 0. The first-order valence-corrected chi connectivity index (χ1v) is 4.02. The Kier molecular flexibility index (Phi) is 3.22. The van der Waals surface area contributed by atoms with E-state index in [0.29, 0.717) is 5.56 Å². The van der Waals surface area contributed by atoms with Crippen molar-refractivity contribution in [2.75, 3.05) is 13.7 Å². The zero-order chi connectivity index (χ0) is 9.84. The number of ether oxygens (including phenoxy) is 1. The van der Waals surface area contributed by atoms with E-state index in [2.05, 4.69) is 0 Å². The smallest absolute Gasteiger partial charge is 0.255 e. The van der Waals surface area contributed by atoms with Crippen LogP contribution in [0.3, 0.4) is 0 Å². The Morgan fingerprint density at radius 3 is 2.92 bits per heavy atom. The molecule has 1 aromatic heterocycles. The molecule has 0 spiro atoms. The Labute approximate surface area is 76.4 Å². The van der Waals surface area contributed by atoms with Gasteiger partial charge in [-0.3, -0.25) is 9.36 Å². The van der Waals surface area contributed by atoms with Crippen LogP contribution in [0.4, 0.5) is 0 Å². The van der Waals surface area contributed by atoms with Crippen molar-refractivity contribution in [2.24, 2.45) is 0 Å². The van der Waals surface area contributed by atoms with Crippen molar-refractivity contribution in [1.82, 2.24) is 4.57 Å². The molecule has 72 valence electrons. The summed E-state index contributed by atoms with van der Waals surface area (Å²) in [5, 5.41) is 8.91. The van der Waals surface area contributed by atoms with E-state index < -0.39 is 6.23 Å². The summed E-state index contributed by atoms with van der Waals surface area (Å²) in [6.07, 6.45) is 1.01. The van der Waals surface area contributed by atoms with Crippen LogP contribution in [0.1, 0.15) is 11.8 Å². The summed E-state index contributed by atoms with van der Waals surface area (Å²) >= 11 is 0. The normalized spacial score (nSPS) is 12.8. The van der Waals surface area contributed by atoms with Gasteiger partial charge in [0.1, 0.15) is 0 Å². The summed E-state index contributed by atoms with van der Waals surface area (Å²) in [4.78, 5) is 11.5. The molecule has 1 unspecified atom stereocenters. The number of rotatable bonds is 3. The average Bonchev–Trinajstić information content (AvgIpc) is 2.14. The summed E-state index contributed by atoms with van der Waals surface area (Å²) in [6, 6.07) is 3.47. The van der Waals surface area contributed by atoms with Gasteiger partial charge in [0.2, 0.25) is 0 Å². The highest BCUT2D eigenvalue weighted by molar-refractivity contribution is 5.07. The van der Waals surface area contributed by atoms with Gasteiger partial charge >= 0.3 is 0 Å². The summed E-state index contributed by atoms with van der Waals surface area (Å²) in [5.41, 5.74) is 0.501. The third-order valence-electron chi connectivity index (χ3n) is 1.90. The highest BCUT2D eigenvalue weighted by Gasteiger charge is 2.09. The van der Waals surface area contributed by atoms with Gasteiger partial charge in [-0.05, 0) is 13.0 Å². The SMILES string of the molecule is COC(CO)n1cccc(C)c1=O. The van der Waals surface area contributed by atoms with Crippen molar-refractivity contribution in [1.29, 1.82) is 0 Å². The number of nitrogens with zero attached hydrogens (tertiary/aromatic N) is 1. The Hall–Kier alpha value is -1.13. The highest BCUT2D eigenvalue weighted by Crippen LogP contribution is 2.02. The van der Waals surface area contributed by atoms with E-state index in [9.17, 15) is 4.79 Å². The third kappa shape index (κ3) is 1.96. The van der Waals surface area contributed by atoms with Crippen molar-refractivity contribution in [3.8, 4) is 0 Å². The van der Waals surface area contributed by atoms with Crippen molar-refractivity contribution in [3.05, 3.63) is 34.2 Å². The van der Waals surface area contributed by atoms with Crippen LogP contribution in [0.25, 0.3) is 0 Å². The topological polar surface area (TPSA) is 51.5 Å². The monoisotopic (exact) mass is 183 g/mol. The van der Waals surface area contributed by atoms with Gasteiger partial charge in [-0.25, -0.2) is 0 Å². The minimum atomic E-state index is -0.590. The molecule has 1 atom stereocenters. The first-order valence-electron chi connectivity index (χ1n) is 4.02. The number of aliphatic hydroxyl groups is 1. The van der Waals surface area contributed by atoms with E-state index >= 15 is 0 Å². The number of hydrogen-bond donors (Lipinski definition) is 1. The molecule has 0 amide bonds. The van der Waals surface area contributed by atoms with Crippen LogP contribution in [0, 0.1) is 6.92 Å².